The van der Waals surface area contributed by atoms with E-state index in [1.165, 1.54) is 4.78 Å². The Morgan fingerprint density at radius 1 is 1.67 bits per heavy atom. The monoisotopic (exact) mass is 254 g/mol. The van der Waals surface area contributed by atoms with E-state index >= 15 is 0 Å². The van der Waals surface area contributed by atoms with Gasteiger partial charge in [0.05, 0.1) is 6.61 Å². The average Bonchev–Trinajstić information content (AvgIpc) is 2.21. The SMILES string of the molecule is CC(C)P1(=O)OCCCN1NC(=O)CCl. The van der Waals surface area contributed by atoms with Crippen LogP contribution in [0.25, 0.3) is 0 Å². The maximum Gasteiger partial charge on any atom is 0.292 e. The Morgan fingerprint density at radius 2 is 2.33 bits per heavy atom. The lowest BCUT2D eigenvalue weighted by Gasteiger charge is -2.36. The molecule has 0 aromatic rings. The third kappa shape index (κ3) is 2.94. The predicted octanol–water partition coefficient (Wildman–Crippen LogP) is 1.58. The van der Waals surface area contributed by atoms with E-state index in [-0.39, 0.29) is 17.4 Å². The van der Waals surface area contributed by atoms with Gasteiger partial charge in [0, 0.05) is 12.2 Å². The van der Waals surface area contributed by atoms with E-state index in [1.807, 2.05) is 13.8 Å². The third-order valence-corrected chi connectivity index (χ3v) is 5.23. The number of nitrogens with one attached hydrogen (secondary N) is 1. The van der Waals surface area contributed by atoms with Crippen LogP contribution in [0.15, 0.2) is 0 Å². The number of halogens is 1. The fourth-order valence-electron chi connectivity index (χ4n) is 1.35. The Labute approximate surface area is 94.6 Å². The van der Waals surface area contributed by atoms with Crippen LogP contribution in [0.3, 0.4) is 0 Å². The molecule has 1 saturated heterocycles. The molecule has 1 aliphatic rings. The van der Waals surface area contributed by atoms with Crippen LogP contribution in [0.5, 0.6) is 0 Å². The summed E-state index contributed by atoms with van der Waals surface area (Å²) in [7, 11) is -2.92. The zero-order chi connectivity index (χ0) is 11.5. The van der Waals surface area contributed by atoms with Crippen molar-refractivity contribution >= 4 is 25.0 Å². The summed E-state index contributed by atoms with van der Waals surface area (Å²) < 4.78 is 19.1. The van der Waals surface area contributed by atoms with Crippen molar-refractivity contribution in [1.82, 2.24) is 10.2 Å². The van der Waals surface area contributed by atoms with Gasteiger partial charge in [0.1, 0.15) is 5.88 Å². The molecule has 0 spiro atoms. The summed E-state index contributed by atoms with van der Waals surface area (Å²) >= 11 is 5.37. The molecule has 0 aliphatic carbocycles. The summed E-state index contributed by atoms with van der Waals surface area (Å²) in [6.07, 6.45) is 0.749. The number of hydrogen-bond donors (Lipinski definition) is 1. The van der Waals surface area contributed by atoms with Crippen LogP contribution >= 0.6 is 19.1 Å². The normalized spacial score (nSPS) is 28.0. The van der Waals surface area contributed by atoms with Gasteiger partial charge in [-0.25, -0.2) is 0 Å². The van der Waals surface area contributed by atoms with Gasteiger partial charge in [-0.2, -0.15) is 0 Å². The third-order valence-electron chi connectivity index (χ3n) is 2.15. The van der Waals surface area contributed by atoms with Crippen molar-refractivity contribution in [3.05, 3.63) is 0 Å². The van der Waals surface area contributed by atoms with Gasteiger partial charge in [0.25, 0.3) is 7.52 Å². The van der Waals surface area contributed by atoms with Crippen molar-refractivity contribution in [1.29, 1.82) is 0 Å². The van der Waals surface area contributed by atoms with Gasteiger partial charge < -0.3 is 4.52 Å². The molecule has 7 heteroatoms. The van der Waals surface area contributed by atoms with E-state index in [4.69, 9.17) is 16.1 Å². The van der Waals surface area contributed by atoms with Crippen LogP contribution in [0.2, 0.25) is 0 Å². The lowest BCUT2D eigenvalue weighted by atomic mass is 10.5. The van der Waals surface area contributed by atoms with Crippen molar-refractivity contribution in [2.75, 3.05) is 19.0 Å². The van der Waals surface area contributed by atoms with Gasteiger partial charge in [0.15, 0.2) is 0 Å². The standard InChI is InChI=1S/C8H16ClN2O3P/c1-7(2)15(13)11(4-3-5-14-15)10-8(12)6-9/h7H,3-6H2,1-2H3,(H,10,12). The van der Waals surface area contributed by atoms with Crippen LogP contribution < -0.4 is 5.43 Å². The van der Waals surface area contributed by atoms with Crippen LogP contribution in [0.1, 0.15) is 20.3 Å². The molecule has 0 aromatic heterocycles. The highest BCUT2D eigenvalue weighted by atomic mass is 35.5. The maximum atomic E-state index is 12.4. The maximum absolute atomic E-state index is 12.4. The summed E-state index contributed by atoms with van der Waals surface area (Å²) in [6, 6.07) is 0. The van der Waals surface area contributed by atoms with Crippen LogP contribution in [0.4, 0.5) is 0 Å². The van der Waals surface area contributed by atoms with Gasteiger partial charge in [-0.3, -0.25) is 14.8 Å². The molecule has 1 unspecified atom stereocenters. The molecule has 1 N–H and O–H groups in total. The second-order valence-corrected chi connectivity index (χ2v) is 6.81. The van der Waals surface area contributed by atoms with E-state index in [2.05, 4.69) is 5.43 Å². The molecule has 1 rings (SSSR count). The molecular weight excluding hydrogens is 239 g/mol. The highest BCUT2D eigenvalue weighted by molar-refractivity contribution is 7.57. The first kappa shape index (κ1) is 13.0. The topological polar surface area (TPSA) is 58.6 Å². The van der Waals surface area contributed by atoms with Crippen molar-refractivity contribution in [3.8, 4) is 0 Å². The van der Waals surface area contributed by atoms with E-state index < -0.39 is 7.52 Å². The Bertz CT molecular complexity index is 285. The Hall–Kier alpha value is -0.0900. The van der Waals surface area contributed by atoms with Crippen LogP contribution in [0, 0.1) is 0 Å². The van der Waals surface area contributed by atoms with Crippen LogP contribution in [-0.4, -0.2) is 35.4 Å². The largest absolute Gasteiger partial charge is 0.316 e. The number of amides is 1. The highest BCUT2D eigenvalue weighted by Crippen LogP contribution is 2.55. The molecule has 5 nitrogen and oxygen atoms in total. The fourth-order valence-corrected chi connectivity index (χ4v) is 3.46. The second kappa shape index (κ2) is 5.30. The van der Waals surface area contributed by atoms with Crippen LogP contribution in [-0.2, 0) is 13.9 Å². The van der Waals surface area contributed by atoms with Crippen molar-refractivity contribution in [2.45, 2.75) is 25.9 Å². The summed E-state index contributed by atoms with van der Waals surface area (Å²) in [4.78, 5) is 11.1. The van der Waals surface area contributed by atoms with Gasteiger partial charge in [0.2, 0.25) is 5.91 Å². The van der Waals surface area contributed by atoms with E-state index in [1.54, 1.807) is 0 Å². The second-order valence-electron chi connectivity index (χ2n) is 3.64. The van der Waals surface area contributed by atoms with Gasteiger partial charge >= 0.3 is 0 Å². The average molecular weight is 255 g/mol. The first-order valence-electron chi connectivity index (χ1n) is 4.88. The summed E-state index contributed by atoms with van der Waals surface area (Å²) in [5.41, 5.74) is 2.37. The molecular formula is C8H16ClN2O3P. The number of hydrogen-bond acceptors (Lipinski definition) is 3. The fraction of sp³-hybridized carbons (Fsp3) is 0.875. The van der Waals surface area contributed by atoms with E-state index in [0.29, 0.717) is 13.2 Å². The molecule has 0 aromatic carbocycles. The number of alkyl halides is 1. The molecule has 1 heterocycles. The minimum Gasteiger partial charge on any atom is -0.316 e. The number of carbonyl (C=O) groups is 1. The lowest BCUT2D eigenvalue weighted by Crippen LogP contribution is -2.45. The lowest BCUT2D eigenvalue weighted by molar-refractivity contribution is -0.122. The first-order valence-corrected chi connectivity index (χ1v) is 7.06. The summed E-state index contributed by atoms with van der Waals surface area (Å²) in [5.74, 6) is -0.503. The summed E-state index contributed by atoms with van der Waals surface area (Å²) in [5, 5.41) is 0. The quantitative estimate of drug-likeness (QED) is 0.614. The molecule has 0 radical (unpaired) electrons. The molecule has 1 aliphatic heterocycles. The number of nitrogens with zero attached hydrogens (tertiary/aromatic N) is 1. The number of hydrazine groups is 1. The molecule has 88 valence electrons. The molecule has 1 atom stereocenters. The number of rotatable bonds is 3. The molecule has 0 saturated carbocycles. The first-order chi connectivity index (χ1) is 7.00. The van der Waals surface area contributed by atoms with Gasteiger partial charge in [-0.1, -0.05) is 13.8 Å². The Balaban J connectivity index is 2.74. The Morgan fingerprint density at radius 3 is 2.87 bits per heavy atom. The smallest absolute Gasteiger partial charge is 0.292 e. The summed E-state index contributed by atoms with van der Waals surface area (Å²) in [6.45, 7) is 4.64. The van der Waals surface area contributed by atoms with Crippen molar-refractivity contribution < 1.29 is 13.9 Å². The molecule has 15 heavy (non-hydrogen) atoms. The van der Waals surface area contributed by atoms with Crippen molar-refractivity contribution in [2.24, 2.45) is 0 Å². The van der Waals surface area contributed by atoms with Gasteiger partial charge in [-0.05, 0) is 6.42 Å². The number of carbonyl (C=O) groups excluding carboxylic acids is 1. The van der Waals surface area contributed by atoms with Crippen molar-refractivity contribution in [3.63, 3.8) is 0 Å². The Kier molecular flexibility index (Phi) is 4.59. The minimum atomic E-state index is -2.92. The van der Waals surface area contributed by atoms with E-state index in [9.17, 15) is 9.36 Å². The minimum absolute atomic E-state index is 0.144. The van der Waals surface area contributed by atoms with Gasteiger partial charge in [-0.15, -0.1) is 16.4 Å². The molecule has 0 bridgehead atoms. The van der Waals surface area contributed by atoms with E-state index in [0.717, 1.165) is 6.42 Å². The zero-order valence-electron chi connectivity index (χ0n) is 8.90. The highest BCUT2D eigenvalue weighted by Gasteiger charge is 2.38. The predicted molar refractivity (Wildman–Crippen MR) is 58.9 cm³/mol. The molecule has 1 fully saturated rings. The molecule has 1 amide bonds. The zero-order valence-corrected chi connectivity index (χ0v) is 10.6.